The van der Waals surface area contributed by atoms with Gasteiger partial charge in [0.15, 0.2) is 0 Å². The Labute approximate surface area is 128 Å². The molecule has 0 bridgehead atoms. The maximum absolute atomic E-state index is 12.3. The monoisotopic (exact) mass is 320 g/mol. The Balaban J connectivity index is 0.00000220. The molecule has 0 spiro atoms. The van der Waals surface area contributed by atoms with Crippen molar-refractivity contribution in [1.82, 2.24) is 10.2 Å². The Morgan fingerprint density at radius 3 is 2.57 bits per heavy atom. The van der Waals surface area contributed by atoms with E-state index in [0.717, 1.165) is 25.9 Å². The molecule has 1 unspecified atom stereocenters. The molecule has 21 heavy (non-hydrogen) atoms. The summed E-state index contributed by atoms with van der Waals surface area (Å²) in [6.07, 6.45) is 2.02. The average Bonchev–Trinajstić information content (AvgIpc) is 2.47. The number of piperidine rings is 1. The number of hydrogen-bond acceptors (Lipinski definition) is 3. The van der Waals surface area contributed by atoms with E-state index in [2.05, 4.69) is 10.1 Å². The van der Waals surface area contributed by atoms with Crippen molar-refractivity contribution < 1.29 is 18.3 Å². The van der Waals surface area contributed by atoms with Gasteiger partial charge >= 0.3 is 6.61 Å². The van der Waals surface area contributed by atoms with Crippen molar-refractivity contribution in [3.05, 3.63) is 29.8 Å². The number of amides is 1. The number of halogens is 3. The second kappa shape index (κ2) is 8.14. The predicted octanol–water partition coefficient (Wildman–Crippen LogP) is 2.53. The van der Waals surface area contributed by atoms with Gasteiger partial charge in [-0.15, -0.1) is 12.4 Å². The number of hydrogen-bond donors (Lipinski definition) is 1. The van der Waals surface area contributed by atoms with Crippen LogP contribution in [0.5, 0.6) is 5.75 Å². The zero-order chi connectivity index (χ0) is 14.5. The number of likely N-dealkylation sites (N-methyl/N-ethyl adjacent to an activating group) is 1. The third-order valence-electron chi connectivity index (χ3n) is 3.47. The second-order valence-electron chi connectivity index (χ2n) is 4.82. The van der Waals surface area contributed by atoms with Gasteiger partial charge in [0, 0.05) is 25.2 Å². The number of carbonyl (C=O) groups is 1. The normalized spacial score (nSPS) is 18.0. The van der Waals surface area contributed by atoms with E-state index in [1.165, 1.54) is 24.3 Å². The van der Waals surface area contributed by atoms with Crippen LogP contribution in [0.15, 0.2) is 24.3 Å². The van der Waals surface area contributed by atoms with Crippen LogP contribution in [-0.4, -0.2) is 43.6 Å². The fraction of sp³-hybridized carbons (Fsp3) is 0.500. The smallest absolute Gasteiger partial charge is 0.387 e. The summed E-state index contributed by atoms with van der Waals surface area (Å²) in [6, 6.07) is 5.95. The van der Waals surface area contributed by atoms with Crippen molar-refractivity contribution in [3.8, 4) is 5.75 Å². The average molecular weight is 321 g/mol. The Kier molecular flexibility index (Phi) is 6.84. The molecule has 0 aromatic heterocycles. The van der Waals surface area contributed by atoms with E-state index in [4.69, 9.17) is 0 Å². The number of benzene rings is 1. The van der Waals surface area contributed by atoms with Crippen LogP contribution < -0.4 is 10.1 Å². The van der Waals surface area contributed by atoms with Crippen molar-refractivity contribution in [2.24, 2.45) is 0 Å². The van der Waals surface area contributed by atoms with Gasteiger partial charge in [-0.3, -0.25) is 4.79 Å². The van der Waals surface area contributed by atoms with Crippen LogP contribution in [0.1, 0.15) is 23.2 Å². The molecule has 1 heterocycles. The van der Waals surface area contributed by atoms with Crippen LogP contribution in [0.25, 0.3) is 0 Å². The summed E-state index contributed by atoms with van der Waals surface area (Å²) >= 11 is 0. The highest BCUT2D eigenvalue weighted by Gasteiger charge is 2.22. The molecule has 0 saturated carbocycles. The molecule has 1 aromatic carbocycles. The number of alkyl halides is 2. The summed E-state index contributed by atoms with van der Waals surface area (Å²) in [4.78, 5) is 14.0. The van der Waals surface area contributed by atoms with E-state index in [-0.39, 0.29) is 30.1 Å². The maximum Gasteiger partial charge on any atom is 0.387 e. The second-order valence-corrected chi connectivity index (χ2v) is 4.82. The molecule has 118 valence electrons. The number of rotatable bonds is 4. The van der Waals surface area contributed by atoms with Crippen LogP contribution in [0.2, 0.25) is 0 Å². The number of ether oxygens (including phenoxy) is 1. The SMILES string of the molecule is CN(C(=O)c1ccc(OC(F)F)cc1)C1CCCNC1.Cl. The van der Waals surface area contributed by atoms with E-state index in [1.807, 2.05) is 0 Å². The molecule has 1 aliphatic rings. The summed E-state index contributed by atoms with van der Waals surface area (Å²) in [5, 5.41) is 3.26. The molecule has 0 aliphatic carbocycles. The minimum Gasteiger partial charge on any atom is -0.435 e. The van der Waals surface area contributed by atoms with E-state index in [0.29, 0.717) is 5.56 Å². The molecule has 1 aliphatic heterocycles. The maximum atomic E-state index is 12.3. The lowest BCUT2D eigenvalue weighted by Gasteiger charge is -2.31. The largest absolute Gasteiger partial charge is 0.435 e. The number of nitrogens with one attached hydrogen (secondary N) is 1. The number of carbonyl (C=O) groups excluding carboxylic acids is 1. The summed E-state index contributed by atoms with van der Waals surface area (Å²) < 4.78 is 28.4. The van der Waals surface area contributed by atoms with Crippen molar-refractivity contribution in [1.29, 1.82) is 0 Å². The van der Waals surface area contributed by atoms with Gasteiger partial charge in [0.25, 0.3) is 5.91 Å². The minimum atomic E-state index is -2.85. The van der Waals surface area contributed by atoms with Crippen molar-refractivity contribution in [2.45, 2.75) is 25.5 Å². The van der Waals surface area contributed by atoms with E-state index in [1.54, 1.807) is 11.9 Å². The molecular formula is C14H19ClF2N2O2. The van der Waals surface area contributed by atoms with Gasteiger partial charge in [0.1, 0.15) is 5.75 Å². The van der Waals surface area contributed by atoms with Gasteiger partial charge in [0.2, 0.25) is 0 Å². The standard InChI is InChI=1S/C14H18F2N2O2.ClH/c1-18(11-3-2-8-17-9-11)13(19)10-4-6-12(7-5-10)20-14(15)16;/h4-7,11,14,17H,2-3,8-9H2,1H3;1H. The molecular weight excluding hydrogens is 302 g/mol. The Hall–Kier alpha value is -1.40. The van der Waals surface area contributed by atoms with Crippen LogP contribution in [0.4, 0.5) is 8.78 Å². The molecule has 1 amide bonds. The molecule has 1 aromatic rings. The Morgan fingerprint density at radius 1 is 1.38 bits per heavy atom. The highest BCUT2D eigenvalue weighted by atomic mass is 35.5. The van der Waals surface area contributed by atoms with Gasteiger partial charge in [-0.05, 0) is 43.7 Å². The molecule has 4 nitrogen and oxygen atoms in total. The molecule has 1 N–H and O–H groups in total. The van der Waals surface area contributed by atoms with Gasteiger partial charge in [-0.1, -0.05) is 0 Å². The first-order valence-electron chi connectivity index (χ1n) is 6.60. The minimum absolute atomic E-state index is 0. The topological polar surface area (TPSA) is 41.6 Å². The van der Waals surface area contributed by atoms with Crippen LogP contribution in [0, 0.1) is 0 Å². The van der Waals surface area contributed by atoms with Crippen LogP contribution in [-0.2, 0) is 0 Å². The first-order chi connectivity index (χ1) is 9.58. The van der Waals surface area contributed by atoms with E-state index in [9.17, 15) is 13.6 Å². The highest BCUT2D eigenvalue weighted by Crippen LogP contribution is 2.17. The lowest BCUT2D eigenvalue weighted by atomic mass is 10.1. The summed E-state index contributed by atoms with van der Waals surface area (Å²) in [7, 11) is 1.77. The van der Waals surface area contributed by atoms with Crippen LogP contribution >= 0.6 is 12.4 Å². The van der Waals surface area contributed by atoms with Gasteiger partial charge in [0.05, 0.1) is 0 Å². The summed E-state index contributed by atoms with van der Waals surface area (Å²) in [5.41, 5.74) is 0.472. The van der Waals surface area contributed by atoms with E-state index < -0.39 is 6.61 Å². The van der Waals surface area contributed by atoms with Crippen LogP contribution in [0.3, 0.4) is 0 Å². The summed E-state index contributed by atoms with van der Waals surface area (Å²) in [5.74, 6) is -0.0548. The van der Waals surface area contributed by atoms with Crippen molar-refractivity contribution in [2.75, 3.05) is 20.1 Å². The first-order valence-corrected chi connectivity index (χ1v) is 6.60. The third-order valence-corrected chi connectivity index (χ3v) is 3.47. The Bertz CT molecular complexity index is 451. The van der Waals surface area contributed by atoms with Gasteiger partial charge < -0.3 is 15.0 Å². The Morgan fingerprint density at radius 2 is 2.05 bits per heavy atom. The fourth-order valence-corrected chi connectivity index (χ4v) is 2.31. The molecule has 2 rings (SSSR count). The molecule has 7 heteroatoms. The highest BCUT2D eigenvalue weighted by molar-refractivity contribution is 5.94. The predicted molar refractivity (Wildman–Crippen MR) is 78.3 cm³/mol. The molecule has 1 saturated heterocycles. The van der Waals surface area contributed by atoms with Gasteiger partial charge in [-0.2, -0.15) is 8.78 Å². The quantitative estimate of drug-likeness (QED) is 0.927. The van der Waals surface area contributed by atoms with Gasteiger partial charge in [-0.25, -0.2) is 0 Å². The lowest BCUT2D eigenvalue weighted by molar-refractivity contribution is -0.0498. The van der Waals surface area contributed by atoms with Crippen molar-refractivity contribution >= 4 is 18.3 Å². The molecule has 0 radical (unpaired) electrons. The van der Waals surface area contributed by atoms with Crippen molar-refractivity contribution in [3.63, 3.8) is 0 Å². The first kappa shape index (κ1) is 17.7. The fourth-order valence-electron chi connectivity index (χ4n) is 2.31. The third kappa shape index (κ3) is 4.82. The zero-order valence-corrected chi connectivity index (χ0v) is 12.5. The zero-order valence-electron chi connectivity index (χ0n) is 11.7. The lowest BCUT2D eigenvalue weighted by Crippen LogP contribution is -2.46. The number of nitrogens with zero attached hydrogens (tertiary/aromatic N) is 1. The van der Waals surface area contributed by atoms with E-state index >= 15 is 0 Å². The molecule has 1 fully saturated rings. The summed E-state index contributed by atoms with van der Waals surface area (Å²) in [6.45, 7) is -1.08. The molecule has 1 atom stereocenters.